The first-order valence-electron chi connectivity index (χ1n) is 9.79. The monoisotopic (exact) mass is 523 g/mol. The molecule has 1 heterocycles. The van der Waals surface area contributed by atoms with E-state index in [0.29, 0.717) is 28.2 Å². The molecule has 0 bridgehead atoms. The Hall–Kier alpha value is -3.13. The van der Waals surface area contributed by atoms with Crippen LogP contribution in [0.4, 0.5) is 5.69 Å². The SMILES string of the molecule is COc1ccccc1-n1c(C=Cc2ccc(N(C)C)cc2)nc2ccc(I)cc2c1=O. The molecular weight excluding hydrogens is 501 g/mol. The number of methoxy groups -OCH3 is 1. The lowest BCUT2D eigenvalue weighted by Gasteiger charge is -2.14. The maximum atomic E-state index is 13.5. The van der Waals surface area contributed by atoms with Gasteiger partial charge in [-0.2, -0.15) is 0 Å². The quantitative estimate of drug-likeness (QED) is 0.336. The Morgan fingerprint density at radius 2 is 1.74 bits per heavy atom. The Morgan fingerprint density at radius 1 is 1.00 bits per heavy atom. The fraction of sp³-hybridized carbons (Fsp3) is 0.120. The Kier molecular flexibility index (Phi) is 6.08. The summed E-state index contributed by atoms with van der Waals surface area (Å²) < 4.78 is 8.13. The van der Waals surface area contributed by atoms with E-state index in [4.69, 9.17) is 9.72 Å². The van der Waals surface area contributed by atoms with Gasteiger partial charge in [0, 0.05) is 23.4 Å². The molecule has 6 heteroatoms. The van der Waals surface area contributed by atoms with Gasteiger partial charge >= 0.3 is 0 Å². The molecule has 5 nitrogen and oxygen atoms in total. The molecular formula is C25H22IN3O2. The maximum Gasteiger partial charge on any atom is 0.266 e. The first-order valence-corrected chi connectivity index (χ1v) is 10.9. The molecule has 0 spiro atoms. The highest BCUT2D eigenvalue weighted by Crippen LogP contribution is 2.24. The van der Waals surface area contributed by atoms with Crippen LogP contribution in [0, 0.1) is 3.57 Å². The summed E-state index contributed by atoms with van der Waals surface area (Å²) in [5.74, 6) is 1.15. The van der Waals surface area contributed by atoms with Crippen LogP contribution in [0.2, 0.25) is 0 Å². The van der Waals surface area contributed by atoms with Crippen molar-refractivity contribution >= 4 is 51.3 Å². The standard InChI is InChI=1S/C25H22IN3O2/c1-28(2)19-12-8-17(9-13-19)10-15-24-27-21-14-11-18(26)16-20(21)25(30)29(24)22-6-4-5-7-23(22)31-3/h4-16H,1-3H3. The Balaban J connectivity index is 1.91. The molecule has 3 aromatic carbocycles. The van der Waals surface area contributed by atoms with E-state index in [1.54, 1.807) is 11.7 Å². The number of para-hydroxylation sites is 2. The Morgan fingerprint density at radius 3 is 2.45 bits per heavy atom. The van der Waals surface area contributed by atoms with Crippen LogP contribution in [-0.4, -0.2) is 30.8 Å². The Labute approximate surface area is 194 Å². The molecule has 4 aromatic rings. The van der Waals surface area contributed by atoms with Crippen molar-refractivity contribution in [3.8, 4) is 11.4 Å². The van der Waals surface area contributed by atoms with Gasteiger partial charge in [-0.05, 0) is 76.7 Å². The van der Waals surface area contributed by atoms with Gasteiger partial charge < -0.3 is 9.64 Å². The number of hydrogen-bond donors (Lipinski definition) is 0. The lowest BCUT2D eigenvalue weighted by molar-refractivity contribution is 0.412. The van der Waals surface area contributed by atoms with E-state index in [0.717, 1.165) is 14.8 Å². The highest BCUT2D eigenvalue weighted by Gasteiger charge is 2.14. The van der Waals surface area contributed by atoms with Crippen molar-refractivity contribution in [2.24, 2.45) is 0 Å². The maximum absolute atomic E-state index is 13.5. The van der Waals surface area contributed by atoms with Crippen molar-refractivity contribution in [1.82, 2.24) is 9.55 Å². The minimum Gasteiger partial charge on any atom is -0.495 e. The molecule has 0 fully saturated rings. The number of nitrogens with zero attached hydrogens (tertiary/aromatic N) is 3. The first-order chi connectivity index (χ1) is 15.0. The second kappa shape index (κ2) is 8.93. The fourth-order valence-corrected chi connectivity index (χ4v) is 3.88. The van der Waals surface area contributed by atoms with Crippen molar-refractivity contribution < 1.29 is 4.74 Å². The summed E-state index contributed by atoms with van der Waals surface area (Å²) >= 11 is 2.21. The molecule has 0 unspecified atom stereocenters. The second-order valence-electron chi connectivity index (χ2n) is 7.26. The summed E-state index contributed by atoms with van der Waals surface area (Å²) in [6.07, 6.45) is 3.83. The van der Waals surface area contributed by atoms with Crippen molar-refractivity contribution in [2.75, 3.05) is 26.1 Å². The molecule has 0 N–H and O–H groups in total. The lowest BCUT2D eigenvalue weighted by atomic mass is 10.1. The van der Waals surface area contributed by atoms with Gasteiger partial charge in [0.25, 0.3) is 5.56 Å². The molecule has 0 saturated carbocycles. The van der Waals surface area contributed by atoms with Crippen LogP contribution in [0.1, 0.15) is 11.4 Å². The van der Waals surface area contributed by atoms with Crippen LogP contribution in [0.5, 0.6) is 5.75 Å². The zero-order chi connectivity index (χ0) is 22.0. The zero-order valence-electron chi connectivity index (χ0n) is 17.5. The van der Waals surface area contributed by atoms with Crippen LogP contribution in [-0.2, 0) is 0 Å². The first kappa shape index (κ1) is 21.1. The molecule has 156 valence electrons. The lowest BCUT2D eigenvalue weighted by Crippen LogP contribution is -2.23. The molecule has 31 heavy (non-hydrogen) atoms. The summed E-state index contributed by atoms with van der Waals surface area (Å²) in [7, 11) is 5.62. The van der Waals surface area contributed by atoms with Crippen LogP contribution >= 0.6 is 22.6 Å². The topological polar surface area (TPSA) is 47.4 Å². The molecule has 0 radical (unpaired) electrons. The highest BCUT2D eigenvalue weighted by atomic mass is 127. The number of fused-ring (bicyclic) bond motifs is 1. The second-order valence-corrected chi connectivity index (χ2v) is 8.51. The number of hydrogen-bond acceptors (Lipinski definition) is 4. The summed E-state index contributed by atoms with van der Waals surface area (Å²) in [5.41, 5.74) is 3.34. The highest BCUT2D eigenvalue weighted by molar-refractivity contribution is 14.1. The van der Waals surface area contributed by atoms with Gasteiger partial charge in [0.1, 0.15) is 11.6 Å². The number of benzene rings is 3. The van der Waals surface area contributed by atoms with Crippen molar-refractivity contribution in [2.45, 2.75) is 0 Å². The Bertz CT molecular complexity index is 1330. The van der Waals surface area contributed by atoms with Crippen molar-refractivity contribution in [1.29, 1.82) is 0 Å². The third-order valence-corrected chi connectivity index (χ3v) is 5.69. The number of anilines is 1. The minimum absolute atomic E-state index is 0.129. The minimum atomic E-state index is -0.129. The van der Waals surface area contributed by atoms with E-state index in [1.165, 1.54) is 0 Å². The number of ether oxygens (including phenoxy) is 1. The molecule has 0 aliphatic carbocycles. The number of rotatable bonds is 5. The molecule has 0 aliphatic rings. The van der Waals surface area contributed by atoms with Crippen molar-refractivity contribution in [3.05, 3.63) is 92.0 Å². The normalized spacial score (nSPS) is 11.2. The predicted molar refractivity (Wildman–Crippen MR) is 136 cm³/mol. The van der Waals surface area contributed by atoms with E-state index in [9.17, 15) is 4.79 Å². The van der Waals surface area contributed by atoms with Gasteiger partial charge in [0.2, 0.25) is 0 Å². The molecule has 0 atom stereocenters. The molecule has 1 aromatic heterocycles. The molecule has 0 saturated heterocycles. The summed E-state index contributed by atoms with van der Waals surface area (Å²) in [5, 5.41) is 0.574. The molecule has 0 aliphatic heterocycles. The van der Waals surface area contributed by atoms with Gasteiger partial charge in [-0.1, -0.05) is 30.3 Å². The summed E-state index contributed by atoms with van der Waals surface area (Å²) in [6.45, 7) is 0. The third kappa shape index (κ3) is 4.34. The van der Waals surface area contributed by atoms with E-state index in [1.807, 2.05) is 80.8 Å². The van der Waals surface area contributed by atoms with E-state index in [-0.39, 0.29) is 5.56 Å². The average molecular weight is 523 g/mol. The van der Waals surface area contributed by atoms with Crippen molar-refractivity contribution in [3.63, 3.8) is 0 Å². The number of aromatic nitrogens is 2. The predicted octanol–water partition coefficient (Wildman–Crippen LogP) is 5.24. The van der Waals surface area contributed by atoms with Crippen LogP contribution in [0.3, 0.4) is 0 Å². The van der Waals surface area contributed by atoms with Crippen LogP contribution in [0.15, 0.2) is 71.5 Å². The van der Waals surface area contributed by atoms with Gasteiger partial charge in [0.15, 0.2) is 0 Å². The summed E-state index contributed by atoms with van der Waals surface area (Å²) in [6, 6.07) is 21.4. The van der Waals surface area contributed by atoms with Gasteiger partial charge in [0.05, 0.1) is 23.7 Å². The van der Waals surface area contributed by atoms with E-state index in [2.05, 4.69) is 39.6 Å². The van der Waals surface area contributed by atoms with Crippen LogP contribution in [0.25, 0.3) is 28.7 Å². The number of halogens is 1. The molecule has 0 amide bonds. The van der Waals surface area contributed by atoms with E-state index >= 15 is 0 Å². The van der Waals surface area contributed by atoms with Gasteiger partial charge in [-0.3, -0.25) is 9.36 Å². The summed E-state index contributed by atoms with van der Waals surface area (Å²) in [4.78, 5) is 20.4. The fourth-order valence-electron chi connectivity index (χ4n) is 3.39. The average Bonchev–Trinajstić information content (AvgIpc) is 2.78. The largest absolute Gasteiger partial charge is 0.495 e. The smallest absolute Gasteiger partial charge is 0.266 e. The van der Waals surface area contributed by atoms with Gasteiger partial charge in [-0.15, -0.1) is 0 Å². The molecule has 4 rings (SSSR count). The van der Waals surface area contributed by atoms with E-state index < -0.39 is 0 Å². The zero-order valence-corrected chi connectivity index (χ0v) is 19.7. The van der Waals surface area contributed by atoms with Gasteiger partial charge in [-0.25, -0.2) is 4.98 Å². The third-order valence-electron chi connectivity index (χ3n) is 5.02. The van der Waals surface area contributed by atoms with Crippen LogP contribution < -0.4 is 15.2 Å².